The maximum absolute atomic E-state index is 12.1. The molecule has 4 nitrogen and oxygen atoms in total. The highest BCUT2D eigenvalue weighted by Gasteiger charge is 2.28. The van der Waals surface area contributed by atoms with Gasteiger partial charge in [0.25, 0.3) is 0 Å². The Hall–Kier alpha value is -3.53. The van der Waals surface area contributed by atoms with E-state index in [0.29, 0.717) is 22.3 Å². The molecule has 0 radical (unpaired) electrons. The molecule has 0 bridgehead atoms. The van der Waals surface area contributed by atoms with Crippen LogP contribution in [0.25, 0.3) is 11.0 Å². The maximum atomic E-state index is 12.1. The first-order chi connectivity index (χ1) is 12.3. The fourth-order valence-electron chi connectivity index (χ4n) is 2.93. The van der Waals surface area contributed by atoms with E-state index in [1.165, 1.54) is 0 Å². The number of hydrogen-bond acceptors (Lipinski definition) is 3. The van der Waals surface area contributed by atoms with E-state index in [4.69, 9.17) is 0 Å². The Kier molecular flexibility index (Phi) is 3.71. The van der Waals surface area contributed by atoms with Gasteiger partial charge < -0.3 is 4.98 Å². The van der Waals surface area contributed by atoms with E-state index in [-0.39, 0.29) is 11.6 Å². The topological polar surface area (TPSA) is 62.8 Å². The van der Waals surface area contributed by atoms with Crippen LogP contribution in [0.3, 0.4) is 0 Å². The molecule has 5 rings (SSSR count). The molecule has 0 saturated heterocycles. The molecule has 0 aliphatic heterocycles. The van der Waals surface area contributed by atoms with Gasteiger partial charge in [-0.2, -0.15) is 0 Å². The number of carbonyl (C=O) groups is 2. The van der Waals surface area contributed by atoms with Gasteiger partial charge in [-0.1, -0.05) is 60.7 Å². The molecular weight excluding hydrogens is 312 g/mol. The highest BCUT2D eigenvalue weighted by Crippen LogP contribution is 2.26. The molecule has 1 aliphatic rings. The minimum absolute atomic E-state index is 0.0641. The number of H-pyrrole nitrogens is 1. The van der Waals surface area contributed by atoms with Gasteiger partial charge in [0.15, 0.2) is 11.6 Å². The van der Waals surface area contributed by atoms with Gasteiger partial charge in [-0.05, 0) is 12.1 Å². The van der Waals surface area contributed by atoms with Gasteiger partial charge in [0.2, 0.25) is 0 Å². The zero-order chi connectivity index (χ0) is 17.2. The van der Waals surface area contributed by atoms with Gasteiger partial charge in [-0.3, -0.25) is 9.59 Å². The lowest BCUT2D eigenvalue weighted by molar-refractivity contribution is 0.0979. The molecule has 1 aliphatic carbocycles. The summed E-state index contributed by atoms with van der Waals surface area (Å²) in [6, 6.07) is 21.8. The summed E-state index contributed by atoms with van der Waals surface area (Å²) in [6.45, 7) is 0. The number of aromatic nitrogens is 2. The van der Waals surface area contributed by atoms with Crippen LogP contribution in [0.15, 0.2) is 79.1 Å². The van der Waals surface area contributed by atoms with Gasteiger partial charge in [0, 0.05) is 22.3 Å². The van der Waals surface area contributed by atoms with E-state index < -0.39 is 0 Å². The van der Waals surface area contributed by atoms with E-state index in [2.05, 4.69) is 9.97 Å². The molecule has 0 amide bonds. The van der Waals surface area contributed by atoms with E-state index in [1.54, 1.807) is 54.9 Å². The summed E-state index contributed by atoms with van der Waals surface area (Å²) in [5.74, 6) is -0.128. The van der Waals surface area contributed by atoms with Crippen LogP contribution < -0.4 is 0 Å². The molecule has 0 spiro atoms. The first kappa shape index (κ1) is 15.0. The average molecular weight is 326 g/mol. The summed E-state index contributed by atoms with van der Waals surface area (Å²) >= 11 is 0. The zero-order valence-electron chi connectivity index (χ0n) is 13.3. The highest BCUT2D eigenvalue weighted by atomic mass is 16.1. The molecule has 1 heterocycles. The largest absolute Gasteiger partial charge is 0.345 e. The van der Waals surface area contributed by atoms with Crippen molar-refractivity contribution in [3.63, 3.8) is 0 Å². The molecule has 25 heavy (non-hydrogen) atoms. The number of rotatable bonds is 0. The summed E-state index contributed by atoms with van der Waals surface area (Å²) in [5, 5.41) is 0. The van der Waals surface area contributed by atoms with Crippen molar-refractivity contribution in [2.45, 2.75) is 0 Å². The van der Waals surface area contributed by atoms with Crippen LogP contribution in [-0.4, -0.2) is 21.5 Å². The predicted molar refractivity (Wildman–Crippen MR) is 95.8 cm³/mol. The van der Waals surface area contributed by atoms with Crippen LogP contribution in [0, 0.1) is 0 Å². The molecule has 0 fully saturated rings. The molecule has 0 atom stereocenters. The Morgan fingerprint density at radius 1 is 0.600 bits per heavy atom. The molecule has 0 unspecified atom stereocenters. The number of nitrogens with one attached hydrogen (secondary N) is 1. The summed E-state index contributed by atoms with van der Waals surface area (Å²) in [7, 11) is 0. The Labute approximate surface area is 144 Å². The van der Waals surface area contributed by atoms with Crippen molar-refractivity contribution >= 4 is 22.6 Å². The van der Waals surface area contributed by atoms with Crippen molar-refractivity contribution < 1.29 is 9.59 Å². The number of carbonyl (C=O) groups excluding carboxylic acids is 2. The minimum Gasteiger partial charge on any atom is -0.345 e. The summed E-state index contributed by atoms with van der Waals surface area (Å²) in [5.41, 5.74) is 4.14. The van der Waals surface area contributed by atoms with Crippen LogP contribution in [0.4, 0.5) is 0 Å². The Morgan fingerprint density at radius 2 is 1.04 bits per heavy atom. The number of imidazole rings is 1. The van der Waals surface area contributed by atoms with Crippen molar-refractivity contribution in [3.05, 3.63) is 101 Å². The van der Waals surface area contributed by atoms with Gasteiger partial charge in [0.05, 0.1) is 17.4 Å². The van der Waals surface area contributed by atoms with Crippen LogP contribution >= 0.6 is 0 Å². The molecule has 4 heteroatoms. The standard InChI is InChI=1S/C14H8O2.C7H6N2/c15-13-9-5-1-2-6-10(9)14(16)12-8-4-3-7-11(12)13;1-2-4-7-6(3-1)8-5-9-7/h1-8H;1-5H,(H,8,9). The fourth-order valence-corrected chi connectivity index (χ4v) is 2.93. The second-order valence-corrected chi connectivity index (χ2v) is 5.67. The number of fused-ring (bicyclic) bond motifs is 3. The fraction of sp³-hybridized carbons (Fsp3) is 0. The van der Waals surface area contributed by atoms with Crippen molar-refractivity contribution in [2.24, 2.45) is 0 Å². The number of nitrogens with zero attached hydrogens (tertiary/aromatic N) is 1. The third-order valence-corrected chi connectivity index (χ3v) is 4.16. The number of benzene rings is 3. The summed E-state index contributed by atoms with van der Waals surface area (Å²) in [4.78, 5) is 31.3. The molecule has 4 aromatic rings. The first-order valence-corrected chi connectivity index (χ1v) is 7.91. The second kappa shape index (κ2) is 6.17. The Balaban J connectivity index is 0.000000147. The SMILES string of the molecule is O=C1c2ccccc2C(=O)c2ccccc21.c1ccc2[nH]cnc2c1. The number of hydrogen-bond donors (Lipinski definition) is 1. The van der Waals surface area contributed by atoms with E-state index in [1.807, 2.05) is 24.3 Å². The lowest BCUT2D eigenvalue weighted by atomic mass is 9.84. The third kappa shape index (κ3) is 2.64. The lowest BCUT2D eigenvalue weighted by Crippen LogP contribution is -2.20. The van der Waals surface area contributed by atoms with E-state index in [9.17, 15) is 9.59 Å². The summed E-state index contributed by atoms with van der Waals surface area (Å²) < 4.78 is 0. The van der Waals surface area contributed by atoms with Crippen LogP contribution in [0.5, 0.6) is 0 Å². The molecule has 3 aromatic carbocycles. The zero-order valence-corrected chi connectivity index (χ0v) is 13.3. The van der Waals surface area contributed by atoms with E-state index in [0.717, 1.165) is 11.0 Å². The number of aromatic amines is 1. The van der Waals surface area contributed by atoms with Gasteiger partial charge >= 0.3 is 0 Å². The normalized spacial score (nSPS) is 12.2. The Morgan fingerprint density at radius 3 is 1.52 bits per heavy atom. The number of para-hydroxylation sites is 2. The first-order valence-electron chi connectivity index (χ1n) is 7.91. The molecular formula is C21H14N2O2. The second-order valence-electron chi connectivity index (χ2n) is 5.67. The third-order valence-electron chi connectivity index (χ3n) is 4.16. The van der Waals surface area contributed by atoms with Crippen molar-refractivity contribution in [3.8, 4) is 0 Å². The lowest BCUT2D eigenvalue weighted by Gasteiger charge is -2.16. The molecule has 0 saturated carbocycles. The van der Waals surface area contributed by atoms with Gasteiger partial charge in [-0.25, -0.2) is 4.98 Å². The summed E-state index contributed by atoms with van der Waals surface area (Å²) in [6.07, 6.45) is 1.70. The highest BCUT2D eigenvalue weighted by molar-refractivity contribution is 6.28. The monoisotopic (exact) mass is 326 g/mol. The predicted octanol–water partition coefficient (Wildman–Crippen LogP) is 4.02. The maximum Gasteiger partial charge on any atom is 0.194 e. The van der Waals surface area contributed by atoms with Crippen molar-refractivity contribution in [1.82, 2.24) is 9.97 Å². The molecule has 1 N–H and O–H groups in total. The minimum atomic E-state index is -0.0641. The van der Waals surface area contributed by atoms with Crippen LogP contribution in [0.1, 0.15) is 31.8 Å². The molecule has 120 valence electrons. The van der Waals surface area contributed by atoms with Gasteiger partial charge in [0.1, 0.15) is 0 Å². The van der Waals surface area contributed by atoms with E-state index >= 15 is 0 Å². The van der Waals surface area contributed by atoms with Crippen LogP contribution in [0.2, 0.25) is 0 Å². The van der Waals surface area contributed by atoms with Crippen molar-refractivity contribution in [2.75, 3.05) is 0 Å². The quantitative estimate of drug-likeness (QED) is 0.467. The van der Waals surface area contributed by atoms with Crippen molar-refractivity contribution in [1.29, 1.82) is 0 Å². The number of ketones is 2. The smallest absolute Gasteiger partial charge is 0.194 e. The Bertz CT molecular complexity index is 960. The molecule has 1 aromatic heterocycles. The van der Waals surface area contributed by atoms with Gasteiger partial charge in [-0.15, -0.1) is 0 Å². The average Bonchev–Trinajstić information content (AvgIpc) is 3.15. The van der Waals surface area contributed by atoms with Crippen LogP contribution in [-0.2, 0) is 0 Å².